The SMILES string of the molecule is CCc1nc2ccccc2nc1-c1cccc(/C=C2\SC(=S)N(CCc3ccc(C(=O)O)cc3)C2=O)c1. The van der Waals surface area contributed by atoms with E-state index in [4.69, 9.17) is 27.3 Å². The zero-order valence-corrected chi connectivity index (χ0v) is 21.7. The highest BCUT2D eigenvalue weighted by atomic mass is 32.2. The minimum absolute atomic E-state index is 0.123. The number of carboxylic acid groups (broad SMARTS) is 1. The summed E-state index contributed by atoms with van der Waals surface area (Å²) in [4.78, 5) is 36.0. The first-order valence-corrected chi connectivity index (χ1v) is 13.1. The van der Waals surface area contributed by atoms with Crippen LogP contribution in [0.1, 0.15) is 34.1 Å². The predicted molar refractivity (Wildman–Crippen MR) is 151 cm³/mol. The maximum atomic E-state index is 13.1. The summed E-state index contributed by atoms with van der Waals surface area (Å²) in [6.07, 6.45) is 3.20. The quantitative estimate of drug-likeness (QED) is 0.234. The number of aryl methyl sites for hydroxylation is 1. The summed E-state index contributed by atoms with van der Waals surface area (Å²) in [6.45, 7) is 2.50. The fraction of sp³-hybridized carbons (Fsp3) is 0.138. The molecule has 184 valence electrons. The average Bonchev–Trinajstić information content (AvgIpc) is 3.18. The Bertz CT molecular complexity index is 1560. The van der Waals surface area contributed by atoms with Crippen molar-refractivity contribution < 1.29 is 14.7 Å². The Morgan fingerprint density at radius 2 is 1.76 bits per heavy atom. The molecule has 0 bridgehead atoms. The van der Waals surface area contributed by atoms with Crippen LogP contribution < -0.4 is 0 Å². The van der Waals surface area contributed by atoms with Gasteiger partial charge in [0.1, 0.15) is 4.32 Å². The van der Waals surface area contributed by atoms with E-state index in [1.165, 1.54) is 11.8 Å². The third kappa shape index (κ3) is 5.30. The summed E-state index contributed by atoms with van der Waals surface area (Å²) >= 11 is 6.79. The molecular formula is C29H23N3O3S2. The maximum absolute atomic E-state index is 13.1. The smallest absolute Gasteiger partial charge is 0.335 e. The fourth-order valence-electron chi connectivity index (χ4n) is 4.19. The van der Waals surface area contributed by atoms with Gasteiger partial charge in [-0.05, 0) is 60.4 Å². The molecule has 0 aliphatic carbocycles. The van der Waals surface area contributed by atoms with Gasteiger partial charge in [0.05, 0.1) is 32.9 Å². The van der Waals surface area contributed by atoms with E-state index in [1.807, 2.05) is 54.6 Å². The molecule has 37 heavy (non-hydrogen) atoms. The third-order valence-corrected chi connectivity index (χ3v) is 7.51. The standard InChI is InChI=1S/C29H23N3O3S2/c1-2-22-26(31-24-9-4-3-8-23(24)30-22)21-7-5-6-19(16-21)17-25-27(33)32(29(36)37-25)15-14-18-10-12-20(13-11-18)28(34)35/h3-13,16-17H,2,14-15H2,1H3,(H,34,35)/b25-17-. The van der Waals surface area contributed by atoms with Crippen LogP contribution in [0.3, 0.4) is 0 Å². The van der Waals surface area contributed by atoms with E-state index >= 15 is 0 Å². The van der Waals surface area contributed by atoms with Crippen molar-refractivity contribution in [1.82, 2.24) is 14.9 Å². The van der Waals surface area contributed by atoms with Gasteiger partial charge in [0.25, 0.3) is 5.91 Å². The van der Waals surface area contributed by atoms with Crippen LogP contribution in [0.2, 0.25) is 0 Å². The molecule has 8 heteroatoms. The van der Waals surface area contributed by atoms with Crippen molar-refractivity contribution in [1.29, 1.82) is 0 Å². The van der Waals surface area contributed by atoms with Gasteiger partial charge in [0, 0.05) is 12.1 Å². The van der Waals surface area contributed by atoms with E-state index in [1.54, 1.807) is 29.2 Å². The number of hydrogen-bond donors (Lipinski definition) is 1. The van der Waals surface area contributed by atoms with Crippen LogP contribution in [0.25, 0.3) is 28.4 Å². The first kappa shape index (κ1) is 24.8. The first-order chi connectivity index (χ1) is 17.9. The molecule has 3 aromatic carbocycles. The summed E-state index contributed by atoms with van der Waals surface area (Å²) in [5.41, 5.74) is 6.51. The van der Waals surface area contributed by atoms with Gasteiger partial charge in [-0.1, -0.05) is 73.4 Å². The third-order valence-electron chi connectivity index (χ3n) is 6.13. The Morgan fingerprint density at radius 3 is 2.46 bits per heavy atom. The molecule has 1 amide bonds. The molecule has 1 N–H and O–H groups in total. The molecule has 1 saturated heterocycles. The van der Waals surface area contributed by atoms with Gasteiger partial charge < -0.3 is 5.11 Å². The molecule has 0 radical (unpaired) electrons. The van der Waals surface area contributed by atoms with Gasteiger partial charge in [0.2, 0.25) is 0 Å². The number of fused-ring (bicyclic) bond motifs is 1. The van der Waals surface area contributed by atoms with Crippen molar-refractivity contribution in [2.75, 3.05) is 6.54 Å². The number of benzene rings is 3. The number of carboxylic acids is 1. The summed E-state index contributed by atoms with van der Waals surface area (Å²) in [5.74, 6) is -1.08. The number of amides is 1. The van der Waals surface area contributed by atoms with E-state index in [-0.39, 0.29) is 11.5 Å². The number of rotatable bonds is 7. The molecule has 6 nitrogen and oxygen atoms in total. The van der Waals surface area contributed by atoms with Gasteiger partial charge in [-0.3, -0.25) is 9.69 Å². The molecule has 0 atom stereocenters. The van der Waals surface area contributed by atoms with Crippen LogP contribution in [0, 0.1) is 0 Å². The van der Waals surface area contributed by atoms with Crippen molar-refractivity contribution in [3.05, 3.63) is 100 Å². The Kier molecular flexibility index (Phi) is 7.12. The lowest BCUT2D eigenvalue weighted by Gasteiger charge is -2.14. The van der Waals surface area contributed by atoms with Crippen LogP contribution in [0.5, 0.6) is 0 Å². The molecule has 4 aromatic rings. The monoisotopic (exact) mass is 525 g/mol. The van der Waals surface area contributed by atoms with Gasteiger partial charge >= 0.3 is 5.97 Å². The Labute approximate surface area is 224 Å². The van der Waals surface area contributed by atoms with E-state index < -0.39 is 5.97 Å². The Morgan fingerprint density at radius 1 is 1.03 bits per heavy atom. The fourth-order valence-corrected chi connectivity index (χ4v) is 5.50. The zero-order valence-electron chi connectivity index (χ0n) is 20.0. The van der Waals surface area contributed by atoms with Crippen molar-refractivity contribution >= 4 is 57.3 Å². The number of carbonyl (C=O) groups excluding carboxylic acids is 1. The molecule has 0 unspecified atom stereocenters. The molecule has 1 aliphatic rings. The topological polar surface area (TPSA) is 83.4 Å². The highest BCUT2D eigenvalue weighted by molar-refractivity contribution is 8.26. The van der Waals surface area contributed by atoms with Crippen molar-refractivity contribution in [2.45, 2.75) is 19.8 Å². The lowest BCUT2D eigenvalue weighted by Crippen LogP contribution is -2.30. The molecule has 1 fully saturated rings. The number of aromatic nitrogens is 2. The maximum Gasteiger partial charge on any atom is 0.335 e. The predicted octanol–water partition coefficient (Wildman–Crippen LogP) is 6.00. The molecule has 2 heterocycles. The molecule has 0 saturated carbocycles. The van der Waals surface area contributed by atoms with E-state index in [2.05, 4.69) is 6.92 Å². The van der Waals surface area contributed by atoms with Crippen molar-refractivity contribution in [2.24, 2.45) is 0 Å². The number of para-hydroxylation sites is 2. The van der Waals surface area contributed by atoms with Crippen LogP contribution in [-0.4, -0.2) is 42.7 Å². The second-order valence-corrected chi connectivity index (χ2v) is 10.2. The lowest BCUT2D eigenvalue weighted by molar-refractivity contribution is -0.122. The highest BCUT2D eigenvalue weighted by Gasteiger charge is 2.31. The number of nitrogens with zero attached hydrogens (tertiary/aromatic N) is 3. The number of hydrogen-bond acceptors (Lipinski definition) is 6. The summed E-state index contributed by atoms with van der Waals surface area (Å²) < 4.78 is 0.517. The second-order valence-electron chi connectivity index (χ2n) is 8.57. The molecule has 1 aliphatic heterocycles. The normalized spacial score (nSPS) is 14.6. The van der Waals surface area contributed by atoms with E-state index in [9.17, 15) is 9.59 Å². The first-order valence-electron chi connectivity index (χ1n) is 11.9. The zero-order chi connectivity index (χ0) is 25.9. The number of aromatic carboxylic acids is 1. The molecule has 1 aromatic heterocycles. The van der Waals surface area contributed by atoms with Crippen molar-refractivity contribution in [3.8, 4) is 11.3 Å². The van der Waals surface area contributed by atoms with Crippen LogP contribution >= 0.6 is 24.0 Å². The summed E-state index contributed by atoms with van der Waals surface area (Å²) in [6, 6.07) is 22.5. The highest BCUT2D eigenvalue weighted by Crippen LogP contribution is 2.33. The summed E-state index contributed by atoms with van der Waals surface area (Å²) in [5, 5.41) is 9.06. The van der Waals surface area contributed by atoms with Crippen LogP contribution in [0.4, 0.5) is 0 Å². The van der Waals surface area contributed by atoms with Gasteiger partial charge in [-0.25, -0.2) is 14.8 Å². The van der Waals surface area contributed by atoms with Gasteiger partial charge in [0.15, 0.2) is 0 Å². The second kappa shape index (κ2) is 10.6. The minimum atomic E-state index is -0.962. The minimum Gasteiger partial charge on any atom is -0.478 e. The Balaban J connectivity index is 1.36. The number of thiocarbonyl (C=S) groups is 1. The lowest BCUT2D eigenvalue weighted by atomic mass is 10.0. The van der Waals surface area contributed by atoms with Gasteiger partial charge in [-0.15, -0.1) is 0 Å². The van der Waals surface area contributed by atoms with Gasteiger partial charge in [-0.2, -0.15) is 0 Å². The largest absolute Gasteiger partial charge is 0.478 e. The summed E-state index contributed by atoms with van der Waals surface area (Å²) in [7, 11) is 0. The van der Waals surface area contributed by atoms with Crippen molar-refractivity contribution in [3.63, 3.8) is 0 Å². The average molecular weight is 526 g/mol. The van der Waals surface area contributed by atoms with E-state index in [0.29, 0.717) is 22.2 Å². The van der Waals surface area contributed by atoms with E-state index in [0.717, 1.165) is 45.5 Å². The molecule has 0 spiro atoms. The number of thioether (sulfide) groups is 1. The van der Waals surface area contributed by atoms with Crippen LogP contribution in [0.15, 0.2) is 77.7 Å². The van der Waals surface area contributed by atoms with Crippen LogP contribution in [-0.2, 0) is 17.6 Å². The molecular weight excluding hydrogens is 502 g/mol. The number of carbonyl (C=O) groups is 2. The molecule has 5 rings (SSSR count). The Hall–Kier alpha value is -3.88.